The van der Waals surface area contributed by atoms with E-state index in [1.54, 1.807) is 29.7 Å². The Morgan fingerprint density at radius 3 is 2.75 bits per heavy atom. The number of aromatic amines is 1. The molecule has 0 spiro atoms. The standard InChI is InChI=1S/C19H14ClN3O3S2/c1-26-12-5-2-10(3-6-12)9-21-18(25)15-16-22-17(24)13-7-4-11(20)8-14(13)23(16)19(27)28-15/h2-8H,9H2,1H3,(H,21,25)(H,22,24). The number of nitrogens with one attached hydrogen (secondary N) is 2. The van der Waals surface area contributed by atoms with Gasteiger partial charge in [0.25, 0.3) is 11.5 Å². The molecule has 2 N–H and O–H groups in total. The van der Waals surface area contributed by atoms with Gasteiger partial charge in [0.2, 0.25) is 0 Å². The van der Waals surface area contributed by atoms with Crippen molar-refractivity contribution in [2.45, 2.75) is 6.54 Å². The van der Waals surface area contributed by atoms with Crippen molar-refractivity contribution in [2.24, 2.45) is 0 Å². The van der Waals surface area contributed by atoms with Crippen LogP contribution in [0.4, 0.5) is 0 Å². The molecule has 0 atom stereocenters. The molecule has 28 heavy (non-hydrogen) atoms. The number of aromatic nitrogens is 2. The summed E-state index contributed by atoms with van der Waals surface area (Å²) in [6, 6.07) is 12.3. The Hall–Kier alpha value is -2.68. The summed E-state index contributed by atoms with van der Waals surface area (Å²) in [6.45, 7) is 0.337. The second-order valence-electron chi connectivity index (χ2n) is 6.03. The first kappa shape index (κ1) is 18.7. The van der Waals surface area contributed by atoms with Crippen molar-refractivity contribution in [3.63, 3.8) is 0 Å². The fourth-order valence-electron chi connectivity index (χ4n) is 2.92. The minimum Gasteiger partial charge on any atom is -0.497 e. The Balaban J connectivity index is 1.72. The summed E-state index contributed by atoms with van der Waals surface area (Å²) >= 11 is 12.7. The molecule has 0 radical (unpaired) electrons. The lowest BCUT2D eigenvalue weighted by atomic mass is 10.2. The van der Waals surface area contributed by atoms with Gasteiger partial charge in [-0.05, 0) is 48.1 Å². The summed E-state index contributed by atoms with van der Waals surface area (Å²) in [4.78, 5) is 28.3. The number of rotatable bonds is 4. The number of fused-ring (bicyclic) bond motifs is 3. The molecule has 0 aliphatic rings. The van der Waals surface area contributed by atoms with Crippen molar-refractivity contribution in [2.75, 3.05) is 7.11 Å². The van der Waals surface area contributed by atoms with Crippen molar-refractivity contribution in [3.8, 4) is 5.75 Å². The van der Waals surface area contributed by atoms with E-state index in [9.17, 15) is 9.59 Å². The average Bonchev–Trinajstić information content (AvgIpc) is 3.03. The molecular formula is C19H14ClN3O3S2. The lowest BCUT2D eigenvalue weighted by Crippen LogP contribution is -2.23. The molecule has 0 saturated heterocycles. The number of ether oxygens (including phenoxy) is 1. The van der Waals surface area contributed by atoms with Gasteiger partial charge in [0, 0.05) is 11.6 Å². The Labute approximate surface area is 173 Å². The zero-order valence-corrected chi connectivity index (χ0v) is 17.0. The summed E-state index contributed by atoms with van der Waals surface area (Å²) < 4.78 is 7.25. The van der Waals surface area contributed by atoms with E-state index in [2.05, 4.69) is 10.3 Å². The molecule has 9 heteroatoms. The number of benzene rings is 2. The van der Waals surface area contributed by atoms with Crippen LogP contribution < -0.4 is 15.6 Å². The van der Waals surface area contributed by atoms with Crippen molar-refractivity contribution < 1.29 is 9.53 Å². The number of methoxy groups -OCH3 is 1. The van der Waals surface area contributed by atoms with Gasteiger partial charge >= 0.3 is 0 Å². The van der Waals surface area contributed by atoms with Crippen LogP contribution in [0.1, 0.15) is 15.2 Å². The molecule has 0 unspecified atom stereocenters. The zero-order valence-electron chi connectivity index (χ0n) is 14.6. The van der Waals surface area contributed by atoms with Crippen LogP contribution in [0.2, 0.25) is 5.02 Å². The topological polar surface area (TPSA) is 75.6 Å². The summed E-state index contributed by atoms with van der Waals surface area (Å²) in [5.74, 6) is 0.432. The highest BCUT2D eigenvalue weighted by molar-refractivity contribution is 7.73. The number of thiazole rings is 1. The van der Waals surface area contributed by atoms with Gasteiger partial charge in [-0.15, -0.1) is 0 Å². The van der Waals surface area contributed by atoms with Crippen LogP contribution in [0.5, 0.6) is 5.75 Å². The molecule has 0 aliphatic heterocycles. The third-order valence-electron chi connectivity index (χ3n) is 4.31. The third-order valence-corrected chi connectivity index (χ3v) is 5.91. The van der Waals surface area contributed by atoms with E-state index in [1.807, 2.05) is 24.3 Å². The van der Waals surface area contributed by atoms with Gasteiger partial charge < -0.3 is 15.0 Å². The van der Waals surface area contributed by atoms with Crippen LogP contribution in [0.25, 0.3) is 16.6 Å². The fraction of sp³-hybridized carbons (Fsp3) is 0.105. The Bertz CT molecular complexity index is 1320. The van der Waals surface area contributed by atoms with Crippen LogP contribution >= 0.6 is 35.2 Å². The van der Waals surface area contributed by atoms with Crippen LogP contribution in [0, 0.1) is 3.95 Å². The summed E-state index contributed by atoms with van der Waals surface area (Å²) in [5.41, 5.74) is 1.55. The summed E-state index contributed by atoms with van der Waals surface area (Å²) in [7, 11) is 1.60. The van der Waals surface area contributed by atoms with Gasteiger partial charge in [0.1, 0.15) is 16.3 Å². The van der Waals surface area contributed by atoms with Gasteiger partial charge in [-0.25, -0.2) is 0 Å². The highest BCUT2D eigenvalue weighted by Gasteiger charge is 2.18. The predicted octanol–water partition coefficient (Wildman–Crippen LogP) is 4.16. The van der Waals surface area contributed by atoms with Gasteiger partial charge in [-0.1, -0.05) is 35.1 Å². The molecule has 4 aromatic rings. The number of hydrogen-bond acceptors (Lipinski definition) is 5. The molecule has 142 valence electrons. The van der Waals surface area contributed by atoms with Crippen LogP contribution in [-0.4, -0.2) is 22.4 Å². The Morgan fingerprint density at radius 1 is 1.29 bits per heavy atom. The van der Waals surface area contributed by atoms with Crippen LogP contribution in [0.15, 0.2) is 47.3 Å². The van der Waals surface area contributed by atoms with E-state index >= 15 is 0 Å². The normalized spacial score (nSPS) is 11.1. The van der Waals surface area contributed by atoms with Gasteiger partial charge in [0.15, 0.2) is 3.95 Å². The van der Waals surface area contributed by atoms with Crippen molar-refractivity contribution in [1.29, 1.82) is 0 Å². The predicted molar refractivity (Wildman–Crippen MR) is 113 cm³/mol. The maximum Gasteiger partial charge on any atom is 0.265 e. The Morgan fingerprint density at radius 2 is 2.04 bits per heavy atom. The van der Waals surface area contributed by atoms with Crippen molar-refractivity contribution >= 4 is 57.6 Å². The number of carbonyl (C=O) groups excluding carboxylic acids is 1. The van der Waals surface area contributed by atoms with E-state index < -0.39 is 0 Å². The van der Waals surface area contributed by atoms with Gasteiger partial charge in [-0.2, -0.15) is 0 Å². The van der Waals surface area contributed by atoms with E-state index in [0.29, 0.717) is 36.9 Å². The molecular weight excluding hydrogens is 418 g/mol. The fourth-order valence-corrected chi connectivity index (χ4v) is 4.39. The highest BCUT2D eigenvalue weighted by atomic mass is 35.5. The monoisotopic (exact) mass is 431 g/mol. The third kappa shape index (κ3) is 3.30. The van der Waals surface area contributed by atoms with Gasteiger partial charge in [-0.3, -0.25) is 14.0 Å². The first-order valence-corrected chi connectivity index (χ1v) is 9.86. The molecule has 2 aromatic heterocycles. The molecule has 6 nitrogen and oxygen atoms in total. The highest BCUT2D eigenvalue weighted by Crippen LogP contribution is 2.24. The van der Waals surface area contributed by atoms with Gasteiger partial charge in [0.05, 0.1) is 18.0 Å². The largest absolute Gasteiger partial charge is 0.497 e. The quantitative estimate of drug-likeness (QED) is 0.476. The van der Waals surface area contributed by atoms with Crippen LogP contribution in [0.3, 0.4) is 0 Å². The molecule has 0 aliphatic carbocycles. The summed E-state index contributed by atoms with van der Waals surface area (Å²) in [5, 5.41) is 3.80. The molecule has 2 heterocycles. The van der Waals surface area contributed by atoms with E-state index in [1.165, 1.54) is 0 Å². The second-order valence-corrected chi connectivity index (χ2v) is 8.11. The molecule has 0 bridgehead atoms. The van der Waals surface area contributed by atoms with Crippen LogP contribution in [-0.2, 0) is 6.54 Å². The smallest absolute Gasteiger partial charge is 0.265 e. The minimum atomic E-state index is -0.313. The van der Waals surface area contributed by atoms with E-state index in [4.69, 9.17) is 28.6 Å². The molecule has 2 aromatic carbocycles. The maximum atomic E-state index is 12.7. The average molecular weight is 432 g/mol. The summed E-state index contributed by atoms with van der Waals surface area (Å²) in [6.07, 6.45) is 0. The number of hydrogen-bond donors (Lipinski definition) is 2. The maximum absolute atomic E-state index is 12.7. The number of nitrogens with zero attached hydrogens (tertiary/aromatic N) is 1. The number of H-pyrrole nitrogens is 1. The molecule has 1 amide bonds. The number of carbonyl (C=O) groups is 1. The second kappa shape index (κ2) is 7.38. The zero-order chi connectivity index (χ0) is 19.8. The number of halogens is 1. The lowest BCUT2D eigenvalue weighted by molar-refractivity contribution is 0.0956. The SMILES string of the molecule is COc1ccc(CNC(=O)c2sc(=S)n3c2[nH]c(=O)c2ccc(Cl)cc23)cc1. The minimum absolute atomic E-state index is 0.302. The first-order chi connectivity index (χ1) is 13.5. The molecule has 0 saturated carbocycles. The molecule has 4 rings (SSSR count). The number of amides is 1. The van der Waals surface area contributed by atoms with E-state index in [-0.39, 0.29) is 11.5 Å². The van der Waals surface area contributed by atoms with Crippen molar-refractivity contribution in [1.82, 2.24) is 14.7 Å². The van der Waals surface area contributed by atoms with Crippen molar-refractivity contribution in [3.05, 3.63) is 72.2 Å². The lowest BCUT2D eigenvalue weighted by Gasteiger charge is -2.06. The first-order valence-electron chi connectivity index (χ1n) is 8.26. The molecule has 0 fully saturated rings. The van der Waals surface area contributed by atoms with E-state index in [0.717, 1.165) is 22.6 Å². The Kier molecular flexibility index (Phi) is 4.92.